The molecule has 0 aliphatic carbocycles. The van der Waals surface area contributed by atoms with E-state index in [2.05, 4.69) is 184 Å². The van der Waals surface area contributed by atoms with Crippen LogP contribution in [0.5, 0.6) is 0 Å². The Morgan fingerprint density at radius 3 is 1.02 bits per heavy atom. The summed E-state index contributed by atoms with van der Waals surface area (Å²) in [6.07, 6.45) is 16.6. The Labute approximate surface area is 367 Å². The van der Waals surface area contributed by atoms with Gasteiger partial charge in [-0.05, 0) is 0 Å². The van der Waals surface area contributed by atoms with Gasteiger partial charge in [-0.2, -0.15) is 0 Å². The molecule has 4 aromatic rings. The average molecular weight is 1050 g/mol. The van der Waals surface area contributed by atoms with Crippen molar-refractivity contribution in [2.75, 3.05) is 0 Å². The first-order valence-corrected chi connectivity index (χ1v) is 41.5. The summed E-state index contributed by atoms with van der Waals surface area (Å²) in [6.45, 7) is 14.5. The van der Waals surface area contributed by atoms with Crippen molar-refractivity contribution in [3.63, 3.8) is 0 Å². The third-order valence-electron chi connectivity index (χ3n) is 12.2. The van der Waals surface area contributed by atoms with E-state index < -0.39 is 36.8 Å². The van der Waals surface area contributed by atoms with Gasteiger partial charge in [-0.25, -0.2) is 0 Å². The minimum atomic E-state index is -2.54. The van der Waals surface area contributed by atoms with E-state index in [1.807, 2.05) is 5.79 Å². The molecule has 1 aliphatic rings. The van der Waals surface area contributed by atoms with Crippen molar-refractivity contribution in [2.45, 2.75) is 176 Å². The first-order valence-electron chi connectivity index (χ1n) is 22.3. The topological polar surface area (TPSA) is 0 Å². The molecule has 1 aliphatic heterocycles. The van der Waals surface area contributed by atoms with Crippen LogP contribution in [0.1, 0.15) is 139 Å². The molecule has 0 bridgehead atoms. The van der Waals surface area contributed by atoms with Gasteiger partial charge in [0.05, 0.1) is 0 Å². The molecule has 0 radical (unpaired) electrons. The Kier molecular flexibility index (Phi) is 20.9. The van der Waals surface area contributed by atoms with Crippen molar-refractivity contribution < 1.29 is 0 Å². The van der Waals surface area contributed by atoms with Crippen LogP contribution in [0.15, 0.2) is 94.7 Å². The number of thiophene rings is 2. The quantitative estimate of drug-likeness (QED) is 0.0575. The van der Waals surface area contributed by atoms with Crippen LogP contribution < -0.4 is 5.79 Å². The number of hydrogen-bond acceptors (Lipinski definition) is 5. The van der Waals surface area contributed by atoms with E-state index >= 15 is 0 Å². The summed E-state index contributed by atoms with van der Waals surface area (Å²) in [5.41, 5.74) is 0. The third-order valence-corrected chi connectivity index (χ3v) is 56.3. The zero-order valence-corrected chi connectivity index (χ0v) is 45.0. The molecule has 5 rings (SSSR count). The minimum absolute atomic E-state index is 0.500. The van der Waals surface area contributed by atoms with Crippen molar-refractivity contribution >= 4 is 100 Å². The molecule has 1 saturated heterocycles. The Morgan fingerprint density at radius 1 is 0.418 bits per heavy atom. The fourth-order valence-corrected chi connectivity index (χ4v) is 55.1. The second kappa shape index (κ2) is 24.7. The normalized spacial score (nSPS) is 19.0. The fourth-order valence-electron chi connectivity index (χ4n) is 8.85. The molecule has 3 heterocycles. The van der Waals surface area contributed by atoms with Crippen molar-refractivity contribution in [3.8, 4) is 0 Å². The van der Waals surface area contributed by atoms with Gasteiger partial charge in [0.15, 0.2) is 0 Å². The maximum absolute atomic E-state index is 2.70. The van der Waals surface area contributed by atoms with Gasteiger partial charge < -0.3 is 0 Å². The summed E-state index contributed by atoms with van der Waals surface area (Å²) in [4.78, 5) is 6.22. The molecule has 2 aromatic carbocycles. The van der Waals surface area contributed by atoms with Crippen LogP contribution in [-0.4, -0.2) is 47.3 Å². The van der Waals surface area contributed by atoms with Crippen LogP contribution in [-0.2, 0) is 0 Å². The number of rotatable bonds is 26. The molecule has 2 aromatic heterocycles. The van der Waals surface area contributed by atoms with Gasteiger partial charge in [-0.15, -0.1) is 0 Å². The first kappa shape index (κ1) is 46.6. The van der Waals surface area contributed by atoms with E-state index in [9.17, 15) is 0 Å². The first-order chi connectivity index (χ1) is 27.0. The zero-order valence-electron chi connectivity index (χ0n) is 35.2. The van der Waals surface area contributed by atoms with E-state index in [4.69, 9.17) is 0 Å². The molecule has 0 nitrogen and oxygen atoms in total. The van der Waals surface area contributed by atoms with Gasteiger partial charge in [-0.3, -0.25) is 0 Å². The van der Waals surface area contributed by atoms with Gasteiger partial charge in [0.1, 0.15) is 0 Å². The average Bonchev–Trinajstić information content (AvgIpc) is 3.99. The van der Waals surface area contributed by atoms with Crippen molar-refractivity contribution in [3.05, 3.63) is 94.7 Å². The van der Waals surface area contributed by atoms with Crippen molar-refractivity contribution in [1.29, 1.82) is 0 Å². The Balaban J connectivity index is 1.60. The molecule has 55 heavy (non-hydrogen) atoms. The Bertz CT molecular complexity index is 1450. The molecular weight excluding hydrogens is 974 g/mol. The molecule has 0 N–H and O–H groups in total. The maximum atomic E-state index is 2.70. The molecule has 302 valence electrons. The second-order valence-corrected chi connectivity index (χ2v) is 50.7. The van der Waals surface area contributed by atoms with Crippen LogP contribution in [0, 0.1) is 0 Å². The standard InChI is InChI=1S/C24H18S5.6C4H9.2Sn/c1-3-9-17(10-4-1)27-23-21(19-13-7-15-25-19)29-22(20-14-8-16-26-20)24(23)28-18-11-5-2-6-12-18;6*1-3-4-2;;/h1-14,21-24H;6*1,3-4H2,2H3;;. The summed E-state index contributed by atoms with van der Waals surface area (Å²) in [5, 5.41) is 2.00. The molecule has 4 unspecified atom stereocenters. The third kappa shape index (κ3) is 12.8. The summed E-state index contributed by atoms with van der Waals surface area (Å²) in [7, 11) is 0. The van der Waals surface area contributed by atoms with Gasteiger partial charge in [0.25, 0.3) is 0 Å². The van der Waals surface area contributed by atoms with Gasteiger partial charge in [-0.1, -0.05) is 0 Å². The van der Waals surface area contributed by atoms with E-state index in [-0.39, 0.29) is 0 Å². The monoisotopic (exact) mass is 1050 g/mol. The summed E-state index contributed by atoms with van der Waals surface area (Å²) in [6, 6.07) is 33.6. The second-order valence-electron chi connectivity index (χ2n) is 16.4. The van der Waals surface area contributed by atoms with Gasteiger partial charge >= 0.3 is 371 Å². The molecule has 0 spiro atoms. The summed E-state index contributed by atoms with van der Waals surface area (Å²) >= 11 is 6.26. The van der Waals surface area contributed by atoms with Crippen LogP contribution >= 0.6 is 58.0 Å². The SMILES string of the molecule is CCC[CH2][Sn]([CH2]CCC)([CH2]CCC)[c]1ccc(C2SC(c3cc[c]([Sn]([CH2]CCC)([CH2]CCC)[CH2]CCC)s3)C(Sc3ccccc3)C2Sc2ccccc2)s1. The van der Waals surface area contributed by atoms with Crippen LogP contribution in [0.25, 0.3) is 0 Å². The Morgan fingerprint density at radius 2 is 0.727 bits per heavy atom. The number of thioether (sulfide) groups is 3. The van der Waals surface area contributed by atoms with Gasteiger partial charge in [0, 0.05) is 0 Å². The summed E-state index contributed by atoms with van der Waals surface area (Å²) < 4.78 is 13.1. The van der Waals surface area contributed by atoms with Crippen LogP contribution in [0.3, 0.4) is 0 Å². The number of unbranched alkanes of at least 4 members (excludes halogenated alkanes) is 6. The number of hydrogen-bond donors (Lipinski definition) is 0. The van der Waals surface area contributed by atoms with E-state index in [1.54, 1.807) is 36.4 Å². The predicted octanol–water partition coefficient (Wildman–Crippen LogP) is 16.8. The van der Waals surface area contributed by atoms with E-state index in [0.29, 0.717) is 21.0 Å². The molecule has 0 saturated carbocycles. The van der Waals surface area contributed by atoms with E-state index in [0.717, 1.165) is 0 Å². The van der Waals surface area contributed by atoms with Crippen LogP contribution in [0.2, 0.25) is 26.6 Å². The molecule has 1 fully saturated rings. The molecular formula is C48H72S5Sn2. The van der Waals surface area contributed by atoms with Crippen LogP contribution in [0.4, 0.5) is 0 Å². The Hall–Kier alpha value is 0.487. The molecule has 0 amide bonds. The van der Waals surface area contributed by atoms with Crippen molar-refractivity contribution in [1.82, 2.24) is 0 Å². The van der Waals surface area contributed by atoms with Crippen molar-refractivity contribution in [2.24, 2.45) is 0 Å². The number of benzene rings is 2. The zero-order chi connectivity index (χ0) is 38.9. The summed E-state index contributed by atoms with van der Waals surface area (Å²) in [5.74, 6) is 0. The molecule has 4 atom stereocenters. The fraction of sp³-hybridized carbons (Fsp3) is 0.583. The molecule has 7 heteroatoms. The predicted molar refractivity (Wildman–Crippen MR) is 263 cm³/mol. The van der Waals surface area contributed by atoms with Gasteiger partial charge in [0.2, 0.25) is 0 Å². The van der Waals surface area contributed by atoms with E-state index in [1.165, 1.54) is 86.8 Å².